The Morgan fingerprint density at radius 1 is 1.26 bits per heavy atom. The number of rotatable bonds is 3. The second-order valence-electron chi connectivity index (χ2n) is 3.88. The van der Waals surface area contributed by atoms with Crippen LogP contribution in [0.15, 0.2) is 42.6 Å². The standard InChI is InChI=1S/C13H11N3O3/c1-9-10(6-4-7-12(9)16(18)19)15-13(17)11-5-2-3-8-14-11/h2-8H,1H3,(H,15,17). The third-order valence-corrected chi connectivity index (χ3v) is 2.65. The Morgan fingerprint density at radius 3 is 2.68 bits per heavy atom. The molecule has 0 saturated heterocycles. The Morgan fingerprint density at radius 2 is 2.05 bits per heavy atom. The predicted octanol–water partition coefficient (Wildman–Crippen LogP) is 2.55. The SMILES string of the molecule is Cc1c(NC(=O)c2ccccn2)cccc1[N+](=O)[O-]. The molecule has 0 aliphatic rings. The number of nitro groups is 1. The van der Waals surface area contributed by atoms with Crippen molar-refractivity contribution in [3.05, 3.63) is 64.0 Å². The summed E-state index contributed by atoms with van der Waals surface area (Å²) in [6.45, 7) is 1.59. The zero-order valence-electron chi connectivity index (χ0n) is 10.2. The summed E-state index contributed by atoms with van der Waals surface area (Å²) in [6, 6.07) is 9.51. The van der Waals surface area contributed by atoms with Crippen molar-refractivity contribution in [3.8, 4) is 0 Å². The maximum Gasteiger partial charge on any atom is 0.274 e. The summed E-state index contributed by atoms with van der Waals surface area (Å²) in [5, 5.41) is 13.4. The van der Waals surface area contributed by atoms with E-state index < -0.39 is 10.8 Å². The lowest BCUT2D eigenvalue weighted by Crippen LogP contribution is -2.14. The van der Waals surface area contributed by atoms with Crippen LogP contribution in [-0.2, 0) is 0 Å². The minimum absolute atomic E-state index is 0.0289. The van der Waals surface area contributed by atoms with Crippen LogP contribution in [0.1, 0.15) is 16.1 Å². The summed E-state index contributed by atoms with van der Waals surface area (Å²) in [6.07, 6.45) is 1.51. The molecule has 6 heteroatoms. The Labute approximate surface area is 109 Å². The molecule has 0 unspecified atom stereocenters. The molecule has 0 fully saturated rings. The fourth-order valence-electron chi connectivity index (χ4n) is 1.64. The third-order valence-electron chi connectivity index (χ3n) is 2.65. The first-order chi connectivity index (χ1) is 9.09. The van der Waals surface area contributed by atoms with Gasteiger partial charge in [0.05, 0.1) is 16.2 Å². The van der Waals surface area contributed by atoms with Crippen LogP contribution < -0.4 is 5.32 Å². The number of carbonyl (C=O) groups is 1. The Bertz CT molecular complexity index is 626. The number of carbonyl (C=O) groups excluding carboxylic acids is 1. The number of nitrogens with one attached hydrogen (secondary N) is 1. The molecule has 2 aromatic rings. The van der Waals surface area contributed by atoms with E-state index in [1.54, 1.807) is 31.2 Å². The lowest BCUT2D eigenvalue weighted by molar-refractivity contribution is -0.385. The quantitative estimate of drug-likeness (QED) is 0.676. The van der Waals surface area contributed by atoms with Crippen molar-refractivity contribution in [3.63, 3.8) is 0 Å². The van der Waals surface area contributed by atoms with E-state index in [1.165, 1.54) is 18.3 Å². The fourth-order valence-corrected chi connectivity index (χ4v) is 1.64. The molecule has 2 rings (SSSR count). The van der Waals surface area contributed by atoms with Gasteiger partial charge < -0.3 is 5.32 Å². The number of hydrogen-bond donors (Lipinski definition) is 1. The number of amides is 1. The topological polar surface area (TPSA) is 85.1 Å². The smallest absolute Gasteiger partial charge is 0.274 e. The number of nitrogens with zero attached hydrogens (tertiary/aromatic N) is 2. The minimum Gasteiger partial charge on any atom is -0.320 e. The molecule has 0 aliphatic carbocycles. The second-order valence-corrected chi connectivity index (χ2v) is 3.88. The number of nitro benzene ring substituents is 1. The van der Waals surface area contributed by atoms with Crippen molar-refractivity contribution in [1.29, 1.82) is 0 Å². The normalized spacial score (nSPS) is 9.95. The average molecular weight is 257 g/mol. The van der Waals surface area contributed by atoms with E-state index in [4.69, 9.17) is 0 Å². The van der Waals surface area contributed by atoms with Gasteiger partial charge in [-0.2, -0.15) is 0 Å². The molecule has 1 heterocycles. The van der Waals surface area contributed by atoms with Crippen molar-refractivity contribution in [2.75, 3.05) is 5.32 Å². The van der Waals surface area contributed by atoms with Gasteiger partial charge in [0.2, 0.25) is 0 Å². The summed E-state index contributed by atoms with van der Waals surface area (Å²) < 4.78 is 0. The molecule has 1 amide bonds. The molecular weight excluding hydrogens is 246 g/mol. The number of aromatic nitrogens is 1. The molecule has 0 spiro atoms. The number of hydrogen-bond acceptors (Lipinski definition) is 4. The van der Waals surface area contributed by atoms with Gasteiger partial charge in [-0.15, -0.1) is 0 Å². The molecule has 0 saturated carbocycles. The highest BCUT2D eigenvalue weighted by molar-refractivity contribution is 6.03. The monoisotopic (exact) mass is 257 g/mol. The second kappa shape index (κ2) is 5.26. The van der Waals surface area contributed by atoms with Crippen molar-refractivity contribution in [1.82, 2.24) is 4.98 Å². The molecule has 0 atom stereocenters. The highest BCUT2D eigenvalue weighted by atomic mass is 16.6. The summed E-state index contributed by atoms with van der Waals surface area (Å²) >= 11 is 0. The molecule has 0 radical (unpaired) electrons. The molecule has 1 aromatic carbocycles. The van der Waals surface area contributed by atoms with Gasteiger partial charge in [0.15, 0.2) is 0 Å². The number of anilines is 1. The third kappa shape index (κ3) is 2.74. The minimum atomic E-state index is -0.480. The van der Waals surface area contributed by atoms with Gasteiger partial charge in [-0.05, 0) is 25.1 Å². The van der Waals surface area contributed by atoms with Gasteiger partial charge in [0.1, 0.15) is 5.69 Å². The van der Waals surface area contributed by atoms with E-state index in [0.717, 1.165) is 0 Å². The van der Waals surface area contributed by atoms with Crippen molar-refractivity contribution < 1.29 is 9.72 Å². The maximum atomic E-state index is 11.9. The lowest BCUT2D eigenvalue weighted by atomic mass is 10.1. The lowest BCUT2D eigenvalue weighted by Gasteiger charge is -2.07. The van der Waals surface area contributed by atoms with Gasteiger partial charge in [0, 0.05) is 12.3 Å². The maximum absolute atomic E-state index is 11.9. The van der Waals surface area contributed by atoms with Gasteiger partial charge in [-0.25, -0.2) is 0 Å². The molecule has 1 N–H and O–H groups in total. The van der Waals surface area contributed by atoms with Gasteiger partial charge in [-0.3, -0.25) is 19.9 Å². The molecule has 96 valence electrons. The van der Waals surface area contributed by atoms with E-state index >= 15 is 0 Å². The molecule has 19 heavy (non-hydrogen) atoms. The fraction of sp³-hybridized carbons (Fsp3) is 0.0769. The van der Waals surface area contributed by atoms with Crippen LogP contribution in [0.4, 0.5) is 11.4 Å². The van der Waals surface area contributed by atoms with E-state index in [2.05, 4.69) is 10.3 Å². The van der Waals surface area contributed by atoms with E-state index in [1.807, 2.05) is 0 Å². The Hall–Kier alpha value is -2.76. The van der Waals surface area contributed by atoms with Gasteiger partial charge >= 0.3 is 0 Å². The van der Waals surface area contributed by atoms with Crippen LogP contribution in [0.2, 0.25) is 0 Å². The molecule has 1 aromatic heterocycles. The zero-order valence-corrected chi connectivity index (χ0v) is 10.2. The van der Waals surface area contributed by atoms with Gasteiger partial charge in [-0.1, -0.05) is 12.1 Å². The zero-order chi connectivity index (χ0) is 13.8. The average Bonchev–Trinajstić information content (AvgIpc) is 2.41. The predicted molar refractivity (Wildman–Crippen MR) is 70.0 cm³/mol. The molecular formula is C13H11N3O3. The molecule has 0 bridgehead atoms. The van der Waals surface area contributed by atoms with E-state index in [-0.39, 0.29) is 11.4 Å². The first kappa shape index (κ1) is 12.7. The largest absolute Gasteiger partial charge is 0.320 e. The van der Waals surface area contributed by atoms with Crippen LogP contribution in [0.25, 0.3) is 0 Å². The molecule has 6 nitrogen and oxygen atoms in total. The number of benzene rings is 1. The van der Waals surface area contributed by atoms with Crippen LogP contribution in [0.3, 0.4) is 0 Å². The Balaban J connectivity index is 2.27. The first-order valence-electron chi connectivity index (χ1n) is 5.56. The number of pyridine rings is 1. The summed E-state index contributed by atoms with van der Waals surface area (Å²) in [4.78, 5) is 26.1. The first-order valence-corrected chi connectivity index (χ1v) is 5.56. The van der Waals surface area contributed by atoms with E-state index in [0.29, 0.717) is 11.3 Å². The van der Waals surface area contributed by atoms with Crippen molar-refractivity contribution >= 4 is 17.3 Å². The van der Waals surface area contributed by atoms with Crippen molar-refractivity contribution in [2.45, 2.75) is 6.92 Å². The highest BCUT2D eigenvalue weighted by Crippen LogP contribution is 2.25. The van der Waals surface area contributed by atoms with Crippen LogP contribution in [-0.4, -0.2) is 15.8 Å². The summed E-state index contributed by atoms with van der Waals surface area (Å²) in [5.41, 5.74) is 1.05. The van der Waals surface area contributed by atoms with Crippen LogP contribution in [0, 0.1) is 17.0 Å². The molecule has 0 aliphatic heterocycles. The summed E-state index contributed by atoms with van der Waals surface area (Å²) in [5.74, 6) is -0.399. The van der Waals surface area contributed by atoms with Crippen molar-refractivity contribution in [2.24, 2.45) is 0 Å². The summed E-state index contributed by atoms with van der Waals surface area (Å²) in [7, 11) is 0. The highest BCUT2D eigenvalue weighted by Gasteiger charge is 2.15. The van der Waals surface area contributed by atoms with Crippen LogP contribution >= 0.6 is 0 Å². The Kier molecular flexibility index (Phi) is 3.51. The van der Waals surface area contributed by atoms with Crippen LogP contribution in [0.5, 0.6) is 0 Å². The van der Waals surface area contributed by atoms with Gasteiger partial charge in [0.25, 0.3) is 11.6 Å². The van der Waals surface area contributed by atoms with E-state index in [9.17, 15) is 14.9 Å².